The number of rotatable bonds is 8. The number of halogens is 4. The minimum absolute atomic E-state index is 0.0159. The number of hydrogen-bond donors (Lipinski definition) is 3. The molecule has 3 atom stereocenters. The fourth-order valence-corrected chi connectivity index (χ4v) is 7.24. The summed E-state index contributed by atoms with van der Waals surface area (Å²) in [5.41, 5.74) is 5.87. The van der Waals surface area contributed by atoms with Crippen molar-refractivity contribution in [1.82, 2.24) is 15.3 Å². The number of carbonyl (C=O) groups is 1. The number of aromatic nitrogens is 2. The van der Waals surface area contributed by atoms with E-state index in [4.69, 9.17) is 22.1 Å². The van der Waals surface area contributed by atoms with Gasteiger partial charge in [0.25, 0.3) is 0 Å². The molecule has 45 heavy (non-hydrogen) atoms. The molecule has 0 bridgehead atoms. The fourth-order valence-electron chi connectivity index (χ4n) is 6.44. The Labute approximate surface area is 263 Å². The molecule has 0 amide bonds. The third-order valence-corrected chi connectivity index (χ3v) is 10.0. The van der Waals surface area contributed by atoms with Crippen LogP contribution in [0.4, 0.5) is 24.9 Å². The summed E-state index contributed by atoms with van der Waals surface area (Å²) in [5, 5.41) is 13.0. The van der Waals surface area contributed by atoms with E-state index >= 15 is 0 Å². The summed E-state index contributed by atoms with van der Waals surface area (Å²) in [6.07, 6.45) is -3.73. The number of benzene rings is 2. The summed E-state index contributed by atoms with van der Waals surface area (Å²) in [6.45, 7) is 3.00. The van der Waals surface area contributed by atoms with Crippen LogP contribution in [0, 0.1) is 5.41 Å². The van der Waals surface area contributed by atoms with Crippen molar-refractivity contribution >= 4 is 39.2 Å². The fraction of sp³-hybridized carbons (Fsp3) is 0.433. The predicted octanol–water partition coefficient (Wildman–Crippen LogP) is 5.28. The zero-order valence-corrected chi connectivity index (χ0v) is 26.1. The van der Waals surface area contributed by atoms with Crippen LogP contribution < -0.4 is 20.7 Å². The van der Waals surface area contributed by atoms with Crippen LogP contribution in [-0.4, -0.2) is 67.1 Å². The molecular weight excluding hydrogens is 635 g/mol. The Morgan fingerprint density at radius 3 is 2.42 bits per heavy atom. The SMILES string of the molecule is CC[C@@H]1NC(C(=O)O)CC12CCN(c1cc(O[C@H](c3ccc(Cl)cc3-c3ccc(S(C)(=O)=O)cc3)C(F)(F)F)nc(N)n1)CC2. The summed E-state index contributed by atoms with van der Waals surface area (Å²) in [7, 11) is -3.52. The topological polar surface area (TPSA) is 148 Å². The van der Waals surface area contributed by atoms with Crippen LogP contribution in [0.2, 0.25) is 5.02 Å². The molecule has 2 aliphatic rings. The normalized spacial score (nSPS) is 20.7. The van der Waals surface area contributed by atoms with E-state index in [0.717, 1.165) is 12.7 Å². The van der Waals surface area contributed by atoms with Gasteiger partial charge in [0.15, 0.2) is 9.84 Å². The quantitative estimate of drug-likeness (QED) is 0.290. The lowest BCUT2D eigenvalue weighted by Crippen LogP contribution is -2.46. The number of hydrogen-bond acceptors (Lipinski definition) is 9. The average Bonchev–Trinajstić information content (AvgIpc) is 3.33. The van der Waals surface area contributed by atoms with Gasteiger partial charge in [0.2, 0.25) is 17.9 Å². The maximum atomic E-state index is 14.6. The molecule has 1 spiro atoms. The Balaban J connectivity index is 1.42. The minimum atomic E-state index is -4.89. The summed E-state index contributed by atoms with van der Waals surface area (Å²) in [6, 6.07) is 10.0. The number of nitrogens with one attached hydrogen (secondary N) is 1. The van der Waals surface area contributed by atoms with E-state index in [-0.39, 0.29) is 44.3 Å². The van der Waals surface area contributed by atoms with Gasteiger partial charge in [-0.15, -0.1) is 0 Å². The van der Waals surface area contributed by atoms with Gasteiger partial charge < -0.3 is 25.8 Å². The smallest absolute Gasteiger partial charge is 0.429 e. The molecule has 0 aliphatic carbocycles. The van der Waals surface area contributed by atoms with Gasteiger partial charge in [-0.05, 0) is 66.5 Å². The van der Waals surface area contributed by atoms with Gasteiger partial charge in [-0.2, -0.15) is 23.1 Å². The number of alkyl halides is 3. The largest absolute Gasteiger partial charge is 0.480 e. The summed E-state index contributed by atoms with van der Waals surface area (Å²) in [5.74, 6) is -1.23. The van der Waals surface area contributed by atoms with E-state index in [1.165, 1.54) is 48.5 Å². The van der Waals surface area contributed by atoms with E-state index in [1.807, 2.05) is 11.8 Å². The molecule has 242 valence electrons. The van der Waals surface area contributed by atoms with Gasteiger partial charge in [-0.3, -0.25) is 4.79 Å². The molecular formula is C30H33ClF3N5O5S. The lowest BCUT2D eigenvalue weighted by Gasteiger charge is -2.43. The molecule has 15 heteroatoms. The van der Waals surface area contributed by atoms with Crippen molar-refractivity contribution < 1.29 is 36.2 Å². The summed E-state index contributed by atoms with van der Waals surface area (Å²) < 4.78 is 73.2. The second kappa shape index (κ2) is 12.3. The maximum Gasteiger partial charge on any atom is 0.429 e. The number of carboxylic acids is 1. The van der Waals surface area contributed by atoms with Gasteiger partial charge in [0.1, 0.15) is 11.9 Å². The highest BCUT2D eigenvalue weighted by Gasteiger charge is 2.50. The predicted molar refractivity (Wildman–Crippen MR) is 163 cm³/mol. The molecule has 4 N–H and O–H groups in total. The molecule has 10 nitrogen and oxygen atoms in total. The van der Waals surface area contributed by atoms with Gasteiger partial charge in [0.05, 0.1) is 4.90 Å². The third-order valence-electron chi connectivity index (χ3n) is 8.68. The first-order valence-corrected chi connectivity index (χ1v) is 16.6. The second-order valence-corrected chi connectivity index (χ2v) is 14.0. The number of anilines is 2. The summed E-state index contributed by atoms with van der Waals surface area (Å²) >= 11 is 6.17. The first kappa shape index (κ1) is 32.8. The first-order valence-electron chi connectivity index (χ1n) is 14.3. The number of nitrogen functional groups attached to an aromatic ring is 1. The van der Waals surface area contributed by atoms with Gasteiger partial charge in [0, 0.05) is 42.0 Å². The molecule has 3 aromatic rings. The lowest BCUT2D eigenvalue weighted by molar-refractivity contribution is -0.198. The van der Waals surface area contributed by atoms with Crippen molar-refractivity contribution in [3.05, 3.63) is 59.1 Å². The van der Waals surface area contributed by atoms with Crippen molar-refractivity contribution in [3.63, 3.8) is 0 Å². The van der Waals surface area contributed by atoms with Crippen molar-refractivity contribution in [3.8, 4) is 17.0 Å². The number of aliphatic carboxylic acids is 1. The average molecular weight is 668 g/mol. The number of sulfone groups is 1. The van der Waals surface area contributed by atoms with Crippen LogP contribution in [-0.2, 0) is 14.6 Å². The highest BCUT2D eigenvalue weighted by atomic mass is 35.5. The van der Waals surface area contributed by atoms with Crippen molar-refractivity contribution in [1.29, 1.82) is 0 Å². The minimum Gasteiger partial charge on any atom is -0.480 e. The Morgan fingerprint density at radius 1 is 1.18 bits per heavy atom. The number of piperidine rings is 1. The standard InChI is InChI=1S/C30H33ClF3N5O5S/c1-3-23-29(16-22(36-23)27(40)41)10-12-39(13-11-29)24-15-25(38-28(35)37-24)44-26(30(32,33)34)20-9-6-18(31)14-21(20)17-4-7-19(8-5-17)45(2,42)43/h4-9,14-15,22-23,26,36H,3,10-13,16H2,1-2H3,(H,40,41)(H2,35,37,38)/t22?,23-,26+/m0/s1. The van der Waals surface area contributed by atoms with Crippen LogP contribution in [0.3, 0.4) is 0 Å². The molecule has 0 radical (unpaired) electrons. The van der Waals surface area contributed by atoms with Crippen LogP contribution in [0.1, 0.15) is 44.3 Å². The molecule has 5 rings (SSSR count). The number of carboxylic acid groups (broad SMARTS) is 1. The lowest BCUT2D eigenvalue weighted by atomic mass is 9.71. The molecule has 2 fully saturated rings. The van der Waals surface area contributed by atoms with Gasteiger partial charge in [-0.1, -0.05) is 36.7 Å². The first-order chi connectivity index (χ1) is 21.1. The maximum absolute atomic E-state index is 14.6. The van der Waals surface area contributed by atoms with Crippen LogP contribution in [0.5, 0.6) is 5.88 Å². The van der Waals surface area contributed by atoms with Crippen molar-refractivity contribution in [2.24, 2.45) is 5.41 Å². The Bertz CT molecular complexity index is 1680. The zero-order chi connectivity index (χ0) is 32.7. The van der Waals surface area contributed by atoms with E-state index in [2.05, 4.69) is 15.3 Å². The molecule has 0 saturated carbocycles. The molecule has 2 saturated heterocycles. The van der Waals surface area contributed by atoms with E-state index in [9.17, 15) is 31.5 Å². The van der Waals surface area contributed by atoms with Crippen molar-refractivity contribution in [2.45, 2.75) is 61.9 Å². The van der Waals surface area contributed by atoms with Crippen molar-refractivity contribution in [2.75, 3.05) is 30.0 Å². The van der Waals surface area contributed by atoms with E-state index < -0.39 is 34.1 Å². The van der Waals surface area contributed by atoms with Crippen LogP contribution in [0.15, 0.2) is 53.4 Å². The molecule has 1 aromatic heterocycles. The molecule has 2 aromatic carbocycles. The van der Waals surface area contributed by atoms with E-state index in [1.54, 1.807) is 0 Å². The summed E-state index contributed by atoms with van der Waals surface area (Å²) in [4.78, 5) is 21.8. The van der Waals surface area contributed by atoms with Crippen LogP contribution in [0.25, 0.3) is 11.1 Å². The Morgan fingerprint density at radius 2 is 1.84 bits per heavy atom. The second-order valence-electron chi connectivity index (χ2n) is 11.6. The van der Waals surface area contributed by atoms with Crippen LogP contribution >= 0.6 is 11.6 Å². The highest BCUT2D eigenvalue weighted by Crippen LogP contribution is 2.46. The van der Waals surface area contributed by atoms with E-state index in [0.29, 0.717) is 43.7 Å². The molecule has 2 aliphatic heterocycles. The molecule has 1 unspecified atom stereocenters. The Kier molecular flexibility index (Phi) is 8.95. The number of ether oxygens (including phenoxy) is 1. The Hall–Kier alpha value is -3.62. The number of nitrogens with zero attached hydrogens (tertiary/aromatic N) is 3. The van der Waals surface area contributed by atoms with Gasteiger partial charge in [-0.25, -0.2) is 8.42 Å². The number of nitrogens with two attached hydrogens (primary N) is 1. The third kappa shape index (κ3) is 6.97. The van der Waals surface area contributed by atoms with Gasteiger partial charge >= 0.3 is 12.1 Å². The molecule has 3 heterocycles. The monoisotopic (exact) mass is 667 g/mol. The zero-order valence-electron chi connectivity index (χ0n) is 24.5. The highest BCUT2D eigenvalue weighted by molar-refractivity contribution is 7.90.